The van der Waals surface area contributed by atoms with Crippen molar-refractivity contribution in [3.8, 4) is 0 Å². The van der Waals surface area contributed by atoms with Crippen LogP contribution in [0.2, 0.25) is 0 Å². The van der Waals surface area contributed by atoms with Crippen LogP contribution in [0.4, 0.5) is 0 Å². The molecule has 0 spiro atoms. The molecule has 1 fully saturated rings. The number of carbonyl (C=O) groups excluding carboxylic acids is 2. The zero-order chi connectivity index (χ0) is 16.2. The molecule has 21 heavy (non-hydrogen) atoms. The fourth-order valence-electron chi connectivity index (χ4n) is 1.75. The molecule has 0 aromatic heterocycles. The second kappa shape index (κ2) is 7.61. The summed E-state index contributed by atoms with van der Waals surface area (Å²) in [5.74, 6) is -1.25. The highest BCUT2D eigenvalue weighted by atomic mass is 16.7. The molecule has 1 aliphatic rings. The van der Waals surface area contributed by atoms with E-state index >= 15 is 0 Å². The molecule has 1 heterocycles. The van der Waals surface area contributed by atoms with Gasteiger partial charge in [0.05, 0.1) is 12.2 Å². The Labute approximate surface area is 125 Å². The SMILES string of the molecule is C/C=C(\C)B1O[C@H](C(=O)OC(C)C)[C@@H](C(=O)OC(C)C)O1. The highest BCUT2D eigenvalue weighted by Crippen LogP contribution is 2.24. The first kappa shape index (κ1) is 17.7. The third kappa shape index (κ3) is 4.86. The van der Waals surface area contributed by atoms with Crippen LogP contribution >= 0.6 is 0 Å². The van der Waals surface area contributed by atoms with Crippen LogP contribution in [0.1, 0.15) is 41.5 Å². The van der Waals surface area contributed by atoms with Gasteiger partial charge in [0.25, 0.3) is 0 Å². The van der Waals surface area contributed by atoms with Gasteiger partial charge in [0.2, 0.25) is 0 Å². The molecule has 0 radical (unpaired) electrons. The summed E-state index contributed by atoms with van der Waals surface area (Å²) in [5.41, 5.74) is 0.775. The monoisotopic (exact) mass is 298 g/mol. The van der Waals surface area contributed by atoms with Crippen LogP contribution in [-0.4, -0.2) is 43.5 Å². The van der Waals surface area contributed by atoms with Crippen molar-refractivity contribution < 1.29 is 28.4 Å². The highest BCUT2D eigenvalue weighted by molar-refractivity contribution is 6.54. The predicted molar refractivity (Wildman–Crippen MR) is 77.4 cm³/mol. The standard InChI is InChI=1S/C14H23BO6/c1-7-10(6)15-20-11(13(16)18-8(2)3)12(21-15)14(17)19-9(4)5/h7-9,11-12H,1-6H3/b10-7+/t11-,12-/m0/s1. The summed E-state index contributed by atoms with van der Waals surface area (Å²) < 4.78 is 21.3. The van der Waals surface area contributed by atoms with Crippen molar-refractivity contribution in [2.75, 3.05) is 0 Å². The summed E-state index contributed by atoms with van der Waals surface area (Å²) in [6, 6.07) is 0. The van der Waals surface area contributed by atoms with Gasteiger partial charge in [-0.05, 0) is 47.0 Å². The molecule has 1 aliphatic heterocycles. The lowest BCUT2D eigenvalue weighted by Crippen LogP contribution is -2.40. The van der Waals surface area contributed by atoms with Crippen LogP contribution in [0, 0.1) is 0 Å². The van der Waals surface area contributed by atoms with Gasteiger partial charge in [0.15, 0.2) is 12.2 Å². The maximum Gasteiger partial charge on any atom is 0.490 e. The van der Waals surface area contributed by atoms with Crippen molar-refractivity contribution in [3.05, 3.63) is 11.5 Å². The maximum absolute atomic E-state index is 12.1. The van der Waals surface area contributed by atoms with Crippen LogP contribution in [0.25, 0.3) is 0 Å². The van der Waals surface area contributed by atoms with E-state index in [1.807, 2.05) is 6.92 Å². The molecular formula is C14H23BO6. The van der Waals surface area contributed by atoms with Gasteiger partial charge in [0.1, 0.15) is 0 Å². The molecule has 1 rings (SSSR count). The first-order valence-corrected chi connectivity index (χ1v) is 7.11. The average molecular weight is 298 g/mol. The van der Waals surface area contributed by atoms with Crippen LogP contribution in [0.5, 0.6) is 0 Å². The summed E-state index contributed by atoms with van der Waals surface area (Å²) in [4.78, 5) is 24.1. The Morgan fingerprint density at radius 2 is 1.38 bits per heavy atom. The van der Waals surface area contributed by atoms with Gasteiger partial charge >= 0.3 is 19.1 Å². The molecule has 0 unspecified atom stereocenters. The predicted octanol–water partition coefficient (Wildman–Crippen LogP) is 1.67. The van der Waals surface area contributed by atoms with E-state index in [0.717, 1.165) is 5.47 Å². The molecule has 7 heteroatoms. The smallest absolute Gasteiger partial charge is 0.461 e. The summed E-state index contributed by atoms with van der Waals surface area (Å²) in [6.45, 7) is 10.5. The molecule has 0 amide bonds. The van der Waals surface area contributed by atoms with Gasteiger partial charge in [-0.15, -0.1) is 0 Å². The van der Waals surface area contributed by atoms with Gasteiger partial charge in [0, 0.05) is 0 Å². The fourth-order valence-corrected chi connectivity index (χ4v) is 1.75. The average Bonchev–Trinajstić information content (AvgIpc) is 2.81. The fraction of sp³-hybridized carbons (Fsp3) is 0.714. The van der Waals surface area contributed by atoms with Crippen LogP contribution in [0.15, 0.2) is 11.5 Å². The number of allylic oxidation sites excluding steroid dienone is 2. The van der Waals surface area contributed by atoms with Crippen molar-refractivity contribution in [1.29, 1.82) is 0 Å². The molecule has 0 aliphatic carbocycles. The molecule has 0 N–H and O–H groups in total. The molecular weight excluding hydrogens is 275 g/mol. The van der Waals surface area contributed by atoms with Gasteiger partial charge in [-0.1, -0.05) is 6.08 Å². The van der Waals surface area contributed by atoms with Crippen LogP contribution in [-0.2, 0) is 28.4 Å². The summed E-state index contributed by atoms with van der Waals surface area (Å²) in [6.07, 6.45) is -1.03. The van der Waals surface area contributed by atoms with E-state index < -0.39 is 31.3 Å². The zero-order valence-electron chi connectivity index (χ0n) is 13.4. The number of hydrogen-bond donors (Lipinski definition) is 0. The van der Waals surface area contributed by atoms with E-state index in [-0.39, 0.29) is 12.2 Å². The Bertz CT molecular complexity index is 388. The van der Waals surface area contributed by atoms with Crippen molar-refractivity contribution in [3.63, 3.8) is 0 Å². The molecule has 6 nitrogen and oxygen atoms in total. The lowest BCUT2D eigenvalue weighted by atomic mass is 9.80. The summed E-state index contributed by atoms with van der Waals surface area (Å²) >= 11 is 0. The van der Waals surface area contributed by atoms with Crippen molar-refractivity contribution in [1.82, 2.24) is 0 Å². The van der Waals surface area contributed by atoms with E-state index in [0.29, 0.717) is 0 Å². The third-order valence-electron chi connectivity index (χ3n) is 2.81. The lowest BCUT2D eigenvalue weighted by molar-refractivity contribution is -0.167. The maximum atomic E-state index is 12.1. The Balaban J connectivity index is 2.88. The van der Waals surface area contributed by atoms with Gasteiger partial charge < -0.3 is 18.8 Å². The zero-order valence-corrected chi connectivity index (χ0v) is 13.4. The lowest BCUT2D eigenvalue weighted by Gasteiger charge is -2.18. The molecule has 118 valence electrons. The topological polar surface area (TPSA) is 71.1 Å². The summed E-state index contributed by atoms with van der Waals surface area (Å²) in [7, 11) is -0.746. The number of esters is 2. The first-order chi connectivity index (χ1) is 9.76. The largest absolute Gasteiger partial charge is 0.490 e. The quantitative estimate of drug-likeness (QED) is 0.568. The molecule has 1 saturated heterocycles. The minimum atomic E-state index is -1.11. The van der Waals surface area contributed by atoms with Crippen LogP contribution < -0.4 is 0 Å². The van der Waals surface area contributed by atoms with E-state index in [9.17, 15) is 9.59 Å². The second-order valence-corrected chi connectivity index (χ2v) is 5.45. The van der Waals surface area contributed by atoms with Crippen molar-refractivity contribution >= 4 is 19.1 Å². The van der Waals surface area contributed by atoms with E-state index in [2.05, 4.69) is 0 Å². The number of ether oxygens (including phenoxy) is 2. The third-order valence-corrected chi connectivity index (χ3v) is 2.81. The number of rotatable bonds is 5. The molecule has 0 aromatic carbocycles. The van der Waals surface area contributed by atoms with Gasteiger partial charge in [-0.25, -0.2) is 9.59 Å². The van der Waals surface area contributed by atoms with Crippen molar-refractivity contribution in [2.24, 2.45) is 0 Å². The Morgan fingerprint density at radius 1 is 1.00 bits per heavy atom. The van der Waals surface area contributed by atoms with E-state index in [4.69, 9.17) is 18.8 Å². The second-order valence-electron chi connectivity index (χ2n) is 5.45. The minimum Gasteiger partial charge on any atom is -0.461 e. The normalized spacial score (nSPS) is 22.9. The Hall–Kier alpha value is -1.34. The highest BCUT2D eigenvalue weighted by Gasteiger charge is 2.50. The van der Waals surface area contributed by atoms with Crippen LogP contribution in [0.3, 0.4) is 0 Å². The Kier molecular flexibility index (Phi) is 6.42. The minimum absolute atomic E-state index is 0.301. The van der Waals surface area contributed by atoms with E-state index in [1.165, 1.54) is 0 Å². The summed E-state index contributed by atoms with van der Waals surface area (Å²) in [5, 5.41) is 0. The Morgan fingerprint density at radius 3 is 1.67 bits per heavy atom. The van der Waals surface area contributed by atoms with Gasteiger partial charge in [-0.3, -0.25) is 0 Å². The van der Waals surface area contributed by atoms with Gasteiger partial charge in [-0.2, -0.15) is 0 Å². The first-order valence-electron chi connectivity index (χ1n) is 7.11. The molecule has 0 saturated carbocycles. The molecule has 2 atom stereocenters. The number of hydrogen-bond acceptors (Lipinski definition) is 6. The number of carbonyl (C=O) groups is 2. The molecule has 0 bridgehead atoms. The van der Waals surface area contributed by atoms with Crippen molar-refractivity contribution in [2.45, 2.75) is 66.0 Å². The molecule has 0 aromatic rings. The van der Waals surface area contributed by atoms with E-state index in [1.54, 1.807) is 40.7 Å².